The summed E-state index contributed by atoms with van der Waals surface area (Å²) in [5.74, 6) is -0.0284. The van der Waals surface area contributed by atoms with Gasteiger partial charge in [0, 0.05) is 12.7 Å². The molecule has 1 amide bonds. The number of hydrogen-bond donors (Lipinski definition) is 2. The lowest BCUT2D eigenvalue weighted by molar-refractivity contribution is -0.0668. The van der Waals surface area contributed by atoms with Gasteiger partial charge in [0.1, 0.15) is 24.2 Å². The summed E-state index contributed by atoms with van der Waals surface area (Å²) in [5.41, 5.74) is 1.74. The quantitative estimate of drug-likeness (QED) is 0.310. The van der Waals surface area contributed by atoms with Crippen LogP contribution in [-0.4, -0.2) is 68.9 Å². The van der Waals surface area contributed by atoms with Gasteiger partial charge in [0.2, 0.25) is 0 Å². The van der Waals surface area contributed by atoms with Crippen LogP contribution in [0.25, 0.3) is 11.2 Å². The molecule has 1 saturated heterocycles. The monoisotopic (exact) mass is 440 g/mol. The van der Waals surface area contributed by atoms with Crippen LogP contribution in [0.5, 0.6) is 0 Å². The summed E-state index contributed by atoms with van der Waals surface area (Å²) in [6.07, 6.45) is 1.74. The van der Waals surface area contributed by atoms with E-state index < -0.39 is 18.4 Å². The minimum atomic E-state index is -0.666. The number of carbonyl (C=O) groups is 1. The molecule has 1 aliphatic rings. The van der Waals surface area contributed by atoms with E-state index in [4.69, 9.17) is 14.2 Å². The van der Waals surface area contributed by atoms with E-state index in [0.717, 1.165) is 0 Å². The lowest BCUT2D eigenvalue weighted by Crippen LogP contribution is -2.31. The van der Waals surface area contributed by atoms with Crippen LogP contribution < -0.4 is 5.32 Å². The van der Waals surface area contributed by atoms with Gasteiger partial charge < -0.3 is 24.7 Å². The number of anilines is 1. The van der Waals surface area contributed by atoms with Gasteiger partial charge >= 0.3 is 0 Å². The third-order valence-electron chi connectivity index (χ3n) is 5.16. The molecule has 11 nitrogen and oxygen atoms in total. The zero-order valence-corrected chi connectivity index (χ0v) is 17.7. The van der Waals surface area contributed by atoms with E-state index in [9.17, 15) is 10.0 Å². The van der Waals surface area contributed by atoms with E-state index in [0.29, 0.717) is 35.5 Å². The Morgan fingerprint density at radius 3 is 2.78 bits per heavy atom. The molecule has 3 atom stereocenters. The number of nitrogens with zero attached hydrogens (tertiary/aromatic N) is 5. The Labute approximate surface area is 184 Å². The molecule has 3 aromatic rings. The molecule has 0 radical (unpaired) electrons. The Bertz CT molecular complexity index is 1100. The van der Waals surface area contributed by atoms with Crippen LogP contribution in [0.15, 0.2) is 48.1 Å². The fourth-order valence-electron chi connectivity index (χ4n) is 3.60. The van der Waals surface area contributed by atoms with E-state index in [2.05, 4.69) is 25.4 Å². The number of ether oxygens (including phenoxy) is 3. The predicted molar refractivity (Wildman–Crippen MR) is 115 cm³/mol. The summed E-state index contributed by atoms with van der Waals surface area (Å²) >= 11 is 0. The number of oxime groups is 1. The number of benzene rings is 1. The van der Waals surface area contributed by atoms with Crippen molar-refractivity contribution < 1.29 is 24.2 Å². The second-order valence-corrected chi connectivity index (χ2v) is 7.10. The third-order valence-corrected chi connectivity index (χ3v) is 5.16. The number of nitrogens with one attached hydrogen (secondary N) is 1. The van der Waals surface area contributed by atoms with Gasteiger partial charge in [-0.2, -0.15) is 0 Å². The number of carbonyl (C=O) groups excluding carboxylic acids is 1. The molecule has 32 heavy (non-hydrogen) atoms. The van der Waals surface area contributed by atoms with Gasteiger partial charge in [-0.1, -0.05) is 30.3 Å². The molecule has 0 saturated carbocycles. The second-order valence-electron chi connectivity index (χ2n) is 7.10. The van der Waals surface area contributed by atoms with Crippen LogP contribution in [0, 0.1) is 0 Å². The molecular formula is C21H24N6O5. The highest BCUT2D eigenvalue weighted by atomic mass is 16.6. The summed E-state index contributed by atoms with van der Waals surface area (Å²) in [6, 6.07) is 8.82. The average Bonchev–Trinajstić information content (AvgIpc) is 3.41. The van der Waals surface area contributed by atoms with Gasteiger partial charge in [0.05, 0.1) is 19.5 Å². The summed E-state index contributed by atoms with van der Waals surface area (Å²) in [6.45, 7) is 2.59. The summed E-state index contributed by atoms with van der Waals surface area (Å²) in [7, 11) is 1.58. The Kier molecular flexibility index (Phi) is 6.69. The maximum Gasteiger partial charge on any atom is 0.256 e. The first kappa shape index (κ1) is 21.8. The lowest BCUT2D eigenvalue weighted by atomic mass is 10.1. The molecule has 0 unspecified atom stereocenters. The first-order valence-electron chi connectivity index (χ1n) is 10.2. The lowest BCUT2D eigenvalue weighted by Gasteiger charge is -2.20. The number of imidazole rings is 1. The van der Waals surface area contributed by atoms with Crippen molar-refractivity contribution in [2.24, 2.45) is 5.16 Å². The number of rotatable bonds is 8. The molecule has 1 aromatic carbocycles. The average molecular weight is 440 g/mol. The van der Waals surface area contributed by atoms with E-state index >= 15 is 0 Å². The molecule has 0 bridgehead atoms. The van der Waals surface area contributed by atoms with Crippen molar-refractivity contribution in [2.75, 3.05) is 25.6 Å². The van der Waals surface area contributed by atoms with E-state index in [1.807, 2.05) is 13.0 Å². The number of fused-ring (bicyclic) bond motifs is 1. The van der Waals surface area contributed by atoms with Gasteiger partial charge in [0.25, 0.3) is 5.91 Å². The molecule has 4 rings (SSSR count). The fraction of sp³-hybridized carbons (Fsp3) is 0.381. The van der Waals surface area contributed by atoms with E-state index in [1.54, 1.807) is 42.3 Å². The zero-order chi connectivity index (χ0) is 22.5. The molecule has 0 spiro atoms. The smallest absolute Gasteiger partial charge is 0.256 e. The molecule has 2 N–H and O–H groups in total. The van der Waals surface area contributed by atoms with Crippen molar-refractivity contribution in [2.45, 2.75) is 31.8 Å². The second kappa shape index (κ2) is 9.81. The number of amides is 1. The normalized spacial score (nSPS) is 21.9. The van der Waals surface area contributed by atoms with Gasteiger partial charge in [-0.3, -0.25) is 9.36 Å². The van der Waals surface area contributed by atoms with Crippen LogP contribution in [0.2, 0.25) is 0 Å². The Morgan fingerprint density at radius 2 is 2.06 bits per heavy atom. The number of aromatic nitrogens is 4. The highest BCUT2D eigenvalue weighted by Crippen LogP contribution is 2.33. The van der Waals surface area contributed by atoms with Crippen LogP contribution in [0.3, 0.4) is 0 Å². The third kappa shape index (κ3) is 4.17. The summed E-state index contributed by atoms with van der Waals surface area (Å²) < 4.78 is 18.8. The van der Waals surface area contributed by atoms with Gasteiger partial charge in [-0.25, -0.2) is 15.0 Å². The highest BCUT2D eigenvalue weighted by molar-refractivity contribution is 6.06. The maximum atomic E-state index is 12.6. The highest BCUT2D eigenvalue weighted by Gasteiger charge is 2.44. The van der Waals surface area contributed by atoms with Crippen LogP contribution in [0.1, 0.15) is 29.9 Å². The molecular weight excluding hydrogens is 416 g/mol. The van der Waals surface area contributed by atoms with Crippen molar-refractivity contribution >= 4 is 28.6 Å². The number of methoxy groups -OCH3 is 1. The van der Waals surface area contributed by atoms with Crippen molar-refractivity contribution in [1.82, 2.24) is 19.5 Å². The predicted octanol–water partition coefficient (Wildman–Crippen LogP) is 2.25. The molecule has 0 aliphatic carbocycles. The molecule has 11 heteroatoms. The minimum Gasteiger partial charge on any atom is -0.411 e. The van der Waals surface area contributed by atoms with E-state index in [1.165, 1.54) is 6.33 Å². The Balaban J connectivity index is 1.65. The Morgan fingerprint density at radius 1 is 1.25 bits per heavy atom. The number of hydrogen-bond acceptors (Lipinski definition) is 9. The SMILES string of the molecule is CC[C@H]1O[C@@H](n2cnc3c(NC(=O)c4ccccc4)ncnc32)[C@H](OCCOC)C1=NO. The van der Waals surface area contributed by atoms with Crippen LogP contribution >= 0.6 is 0 Å². The van der Waals surface area contributed by atoms with Crippen molar-refractivity contribution in [3.63, 3.8) is 0 Å². The van der Waals surface area contributed by atoms with Crippen molar-refractivity contribution in [3.05, 3.63) is 48.5 Å². The molecule has 3 heterocycles. The molecule has 2 aromatic heterocycles. The van der Waals surface area contributed by atoms with Gasteiger partial charge in [0.15, 0.2) is 23.2 Å². The standard InChI is InChI=1S/C21H24N6O5/c1-3-14-15(26-29)17(31-10-9-30-2)21(32-14)27-12-24-16-18(22-11-23-19(16)27)25-20(28)13-7-5-4-6-8-13/h4-8,11-12,14,17,21,29H,3,9-10H2,1-2H3,(H,22,23,25,28)/t14-,17-,21-/m1/s1. The first-order chi connectivity index (χ1) is 15.7. The topological polar surface area (TPSA) is 133 Å². The van der Waals surface area contributed by atoms with E-state index in [-0.39, 0.29) is 18.3 Å². The van der Waals surface area contributed by atoms with Crippen LogP contribution in [-0.2, 0) is 14.2 Å². The van der Waals surface area contributed by atoms with Crippen LogP contribution in [0.4, 0.5) is 5.82 Å². The fourth-order valence-corrected chi connectivity index (χ4v) is 3.60. The first-order valence-corrected chi connectivity index (χ1v) is 10.2. The summed E-state index contributed by atoms with van der Waals surface area (Å²) in [5, 5.41) is 15.8. The van der Waals surface area contributed by atoms with Gasteiger partial charge in [-0.05, 0) is 18.6 Å². The molecule has 168 valence electrons. The molecule has 1 fully saturated rings. The Hall–Kier alpha value is -3.41. The summed E-state index contributed by atoms with van der Waals surface area (Å²) in [4.78, 5) is 25.5. The van der Waals surface area contributed by atoms with Crippen molar-refractivity contribution in [3.8, 4) is 0 Å². The molecule has 1 aliphatic heterocycles. The maximum absolute atomic E-state index is 12.6. The van der Waals surface area contributed by atoms with Gasteiger partial charge in [-0.15, -0.1) is 0 Å². The van der Waals surface area contributed by atoms with Crippen molar-refractivity contribution in [1.29, 1.82) is 0 Å². The zero-order valence-electron chi connectivity index (χ0n) is 17.7. The minimum absolute atomic E-state index is 0.278. The largest absolute Gasteiger partial charge is 0.411 e.